The first-order valence-electron chi connectivity index (χ1n) is 8.80. The van der Waals surface area contributed by atoms with Crippen molar-refractivity contribution in [3.8, 4) is 0 Å². The van der Waals surface area contributed by atoms with Crippen LogP contribution in [-0.2, 0) is 0 Å². The van der Waals surface area contributed by atoms with Gasteiger partial charge in [-0.15, -0.1) is 0 Å². The summed E-state index contributed by atoms with van der Waals surface area (Å²) < 4.78 is 0. The van der Waals surface area contributed by atoms with Gasteiger partial charge in [-0.1, -0.05) is 31.4 Å². The topological polar surface area (TPSA) is 74.3 Å². The SMILES string of the molecule is N=C1CCCC/C=C\C/C(=C2/CCCCCCCC(N)=N2)N1. The van der Waals surface area contributed by atoms with Gasteiger partial charge < -0.3 is 11.1 Å². The minimum atomic E-state index is 0.615. The highest BCUT2D eigenvalue weighted by Crippen LogP contribution is 2.21. The lowest BCUT2D eigenvalue weighted by molar-refractivity contribution is 0.609. The molecule has 122 valence electrons. The number of rotatable bonds is 0. The van der Waals surface area contributed by atoms with Crippen LogP contribution in [0, 0.1) is 5.41 Å². The minimum absolute atomic E-state index is 0.615. The fraction of sp³-hybridized carbons (Fsp3) is 0.667. The Hall–Kier alpha value is -1.58. The Morgan fingerprint density at radius 2 is 1.64 bits per heavy atom. The Balaban J connectivity index is 2.23. The van der Waals surface area contributed by atoms with E-state index >= 15 is 0 Å². The van der Waals surface area contributed by atoms with Gasteiger partial charge in [-0.25, -0.2) is 4.99 Å². The molecule has 0 spiro atoms. The molecule has 0 unspecified atom stereocenters. The van der Waals surface area contributed by atoms with E-state index in [4.69, 9.17) is 16.1 Å². The zero-order valence-electron chi connectivity index (χ0n) is 13.7. The van der Waals surface area contributed by atoms with Crippen LogP contribution in [0.5, 0.6) is 0 Å². The number of nitrogens with one attached hydrogen (secondary N) is 2. The molecule has 0 amide bonds. The summed E-state index contributed by atoms with van der Waals surface area (Å²) in [4.78, 5) is 4.70. The molecule has 0 aliphatic carbocycles. The molecule has 0 saturated carbocycles. The lowest BCUT2D eigenvalue weighted by Gasteiger charge is -2.17. The van der Waals surface area contributed by atoms with Crippen LogP contribution in [0.2, 0.25) is 0 Å². The minimum Gasteiger partial charge on any atom is -0.387 e. The van der Waals surface area contributed by atoms with Crippen molar-refractivity contribution in [2.75, 3.05) is 0 Å². The maximum absolute atomic E-state index is 8.12. The molecule has 0 aromatic rings. The summed E-state index contributed by atoms with van der Waals surface area (Å²) in [6.45, 7) is 0. The Labute approximate surface area is 134 Å². The average molecular weight is 302 g/mol. The largest absolute Gasteiger partial charge is 0.387 e. The van der Waals surface area contributed by atoms with Crippen molar-refractivity contribution in [1.29, 1.82) is 5.41 Å². The first-order valence-corrected chi connectivity index (χ1v) is 8.80. The number of hydrogen-bond donors (Lipinski definition) is 3. The quantitative estimate of drug-likeness (QED) is 0.581. The van der Waals surface area contributed by atoms with Gasteiger partial charge in [0, 0.05) is 25.0 Å². The van der Waals surface area contributed by atoms with E-state index in [2.05, 4.69) is 17.5 Å². The maximum Gasteiger partial charge on any atom is 0.0993 e. The van der Waals surface area contributed by atoms with E-state index in [0.29, 0.717) is 5.84 Å². The summed E-state index contributed by atoms with van der Waals surface area (Å²) >= 11 is 0. The zero-order chi connectivity index (χ0) is 15.6. The molecule has 4 heteroatoms. The third-order valence-electron chi connectivity index (χ3n) is 4.31. The van der Waals surface area contributed by atoms with Gasteiger partial charge in [0.2, 0.25) is 0 Å². The van der Waals surface area contributed by atoms with E-state index < -0.39 is 0 Å². The summed E-state index contributed by atoms with van der Waals surface area (Å²) in [5, 5.41) is 11.4. The Morgan fingerprint density at radius 1 is 0.909 bits per heavy atom. The standard InChI is InChI=1S/C18H30N4/c19-17-13-9-5-1-3-7-11-15(21-17)16-12-8-4-2-6-10-14-18(20)22-16/h3,7H,1-2,4-6,8-14H2,(H2,19,21)(H2,20,22)/b7-3-,16-15+. The fourth-order valence-electron chi connectivity index (χ4n) is 3.00. The highest BCUT2D eigenvalue weighted by molar-refractivity contribution is 5.82. The number of nitrogens with two attached hydrogens (primary N) is 1. The summed E-state index contributed by atoms with van der Waals surface area (Å²) in [6, 6.07) is 0. The highest BCUT2D eigenvalue weighted by Gasteiger charge is 2.10. The maximum atomic E-state index is 8.12. The molecule has 2 aliphatic rings. The van der Waals surface area contributed by atoms with Gasteiger partial charge in [-0.2, -0.15) is 0 Å². The first-order chi connectivity index (χ1) is 10.8. The van der Waals surface area contributed by atoms with Crippen molar-refractivity contribution < 1.29 is 0 Å². The highest BCUT2D eigenvalue weighted by atomic mass is 15.0. The molecule has 0 atom stereocenters. The second kappa shape index (κ2) is 9.44. The Bertz CT molecular complexity index is 460. The monoisotopic (exact) mass is 302 g/mol. The number of aliphatic imine (C=N–C) groups is 1. The molecule has 0 saturated heterocycles. The van der Waals surface area contributed by atoms with Crippen LogP contribution in [-0.4, -0.2) is 11.7 Å². The van der Waals surface area contributed by atoms with Crippen molar-refractivity contribution in [3.05, 3.63) is 23.5 Å². The summed E-state index contributed by atoms with van der Waals surface area (Å²) in [5.74, 6) is 1.36. The number of nitrogens with zero attached hydrogens (tertiary/aromatic N) is 1. The van der Waals surface area contributed by atoms with Crippen molar-refractivity contribution in [2.45, 2.75) is 77.0 Å². The molecular formula is C18H30N4. The molecule has 0 aromatic heterocycles. The normalized spacial score (nSPS) is 27.5. The van der Waals surface area contributed by atoms with Crippen molar-refractivity contribution >= 4 is 11.7 Å². The summed E-state index contributed by atoms with van der Waals surface area (Å²) in [5.41, 5.74) is 8.24. The van der Waals surface area contributed by atoms with Crippen LogP contribution in [0.3, 0.4) is 0 Å². The smallest absolute Gasteiger partial charge is 0.0993 e. The van der Waals surface area contributed by atoms with Gasteiger partial charge in [-0.3, -0.25) is 5.41 Å². The van der Waals surface area contributed by atoms with E-state index in [1.807, 2.05) is 0 Å². The van der Waals surface area contributed by atoms with Crippen LogP contribution in [0.1, 0.15) is 77.0 Å². The third-order valence-corrected chi connectivity index (χ3v) is 4.31. The molecular weight excluding hydrogens is 272 g/mol. The molecule has 0 aromatic carbocycles. The van der Waals surface area contributed by atoms with Gasteiger partial charge in [0.15, 0.2) is 0 Å². The van der Waals surface area contributed by atoms with Crippen LogP contribution in [0.4, 0.5) is 0 Å². The van der Waals surface area contributed by atoms with Gasteiger partial charge >= 0.3 is 0 Å². The van der Waals surface area contributed by atoms with E-state index in [1.165, 1.54) is 19.3 Å². The fourth-order valence-corrected chi connectivity index (χ4v) is 3.00. The van der Waals surface area contributed by atoms with Gasteiger partial charge in [0.1, 0.15) is 0 Å². The molecule has 4 nitrogen and oxygen atoms in total. The molecule has 0 radical (unpaired) electrons. The van der Waals surface area contributed by atoms with Crippen molar-refractivity contribution in [2.24, 2.45) is 10.7 Å². The van der Waals surface area contributed by atoms with Gasteiger partial charge in [0.25, 0.3) is 0 Å². The molecule has 4 N–H and O–H groups in total. The van der Waals surface area contributed by atoms with Crippen LogP contribution in [0.25, 0.3) is 0 Å². The second-order valence-corrected chi connectivity index (χ2v) is 6.32. The van der Waals surface area contributed by atoms with Crippen LogP contribution < -0.4 is 11.1 Å². The zero-order valence-corrected chi connectivity index (χ0v) is 13.7. The average Bonchev–Trinajstić information content (AvgIpc) is 2.51. The lowest BCUT2D eigenvalue weighted by Crippen LogP contribution is -2.24. The molecule has 2 rings (SSSR count). The lowest BCUT2D eigenvalue weighted by atomic mass is 10.0. The van der Waals surface area contributed by atoms with Crippen molar-refractivity contribution in [1.82, 2.24) is 5.32 Å². The molecule has 0 fully saturated rings. The van der Waals surface area contributed by atoms with Crippen LogP contribution >= 0.6 is 0 Å². The van der Waals surface area contributed by atoms with E-state index in [9.17, 15) is 0 Å². The number of allylic oxidation sites excluding steroid dienone is 3. The Morgan fingerprint density at radius 3 is 2.50 bits per heavy atom. The summed E-state index contributed by atoms with van der Waals surface area (Å²) in [7, 11) is 0. The van der Waals surface area contributed by atoms with Crippen molar-refractivity contribution in [3.63, 3.8) is 0 Å². The molecule has 0 bridgehead atoms. The van der Waals surface area contributed by atoms with E-state index in [-0.39, 0.29) is 0 Å². The predicted octanol–water partition coefficient (Wildman–Crippen LogP) is 4.39. The Kier molecular flexibility index (Phi) is 7.20. The predicted molar refractivity (Wildman–Crippen MR) is 94.1 cm³/mol. The second-order valence-electron chi connectivity index (χ2n) is 6.32. The summed E-state index contributed by atoms with van der Waals surface area (Å²) in [6.07, 6.45) is 17.4. The number of hydrogen-bond acceptors (Lipinski definition) is 3. The van der Waals surface area contributed by atoms with Gasteiger partial charge in [0.05, 0.1) is 17.4 Å². The number of amidine groups is 2. The first kappa shape index (κ1) is 16.8. The van der Waals surface area contributed by atoms with Crippen LogP contribution in [0.15, 0.2) is 28.5 Å². The molecule has 2 heterocycles. The van der Waals surface area contributed by atoms with Gasteiger partial charge in [-0.05, 0) is 38.5 Å². The molecule has 22 heavy (non-hydrogen) atoms. The van der Waals surface area contributed by atoms with E-state index in [0.717, 1.165) is 75.0 Å². The van der Waals surface area contributed by atoms with E-state index in [1.54, 1.807) is 0 Å². The third kappa shape index (κ3) is 6.04. The molecule has 2 aliphatic heterocycles.